The lowest BCUT2D eigenvalue weighted by Gasteiger charge is -2.03. The molecule has 0 amide bonds. The lowest BCUT2D eigenvalue weighted by Crippen LogP contribution is -1.87. The molecular weight excluding hydrogens is 216 g/mol. The minimum Gasteiger partial charge on any atom is -0.0795 e. The molecule has 0 spiro atoms. The lowest BCUT2D eigenvalue weighted by atomic mass is 10.0. The van der Waals surface area contributed by atoms with E-state index < -0.39 is 0 Å². The molecule has 0 fully saturated rings. The van der Waals surface area contributed by atoms with Crippen LogP contribution in [0.1, 0.15) is 30.0 Å². The number of hydrogen-bond donors (Lipinski definition) is 0. The molecule has 0 unspecified atom stereocenters. The first-order chi connectivity index (χ1) is 8.90. The molecular formula is C18H20. The molecule has 0 bridgehead atoms. The summed E-state index contributed by atoms with van der Waals surface area (Å²) in [5.74, 6) is 0. The van der Waals surface area contributed by atoms with Gasteiger partial charge in [-0.3, -0.25) is 0 Å². The highest BCUT2D eigenvalue weighted by molar-refractivity contribution is 5.54. The monoisotopic (exact) mass is 236 g/mol. The maximum atomic E-state index is 2.25. The van der Waals surface area contributed by atoms with Crippen LogP contribution in [-0.2, 0) is 12.8 Å². The van der Waals surface area contributed by atoms with Crippen LogP contribution in [-0.4, -0.2) is 0 Å². The maximum Gasteiger partial charge on any atom is -0.00941 e. The van der Waals surface area contributed by atoms with Crippen LogP contribution in [0.15, 0.2) is 60.7 Å². The number of allylic oxidation sites excluding steroid dienone is 1. The van der Waals surface area contributed by atoms with Gasteiger partial charge in [-0.2, -0.15) is 0 Å². The summed E-state index contributed by atoms with van der Waals surface area (Å²) >= 11 is 0. The summed E-state index contributed by atoms with van der Waals surface area (Å²) in [5.41, 5.74) is 4.17. The fraction of sp³-hybridized carbons (Fsp3) is 0.222. The van der Waals surface area contributed by atoms with Crippen molar-refractivity contribution in [3.8, 4) is 0 Å². The minimum atomic E-state index is 1.00. The fourth-order valence-corrected chi connectivity index (χ4v) is 2.13. The van der Waals surface area contributed by atoms with Crippen molar-refractivity contribution in [1.29, 1.82) is 0 Å². The summed E-state index contributed by atoms with van der Waals surface area (Å²) in [4.78, 5) is 0. The topological polar surface area (TPSA) is 0 Å². The van der Waals surface area contributed by atoms with Gasteiger partial charge >= 0.3 is 0 Å². The molecule has 92 valence electrons. The van der Waals surface area contributed by atoms with Gasteiger partial charge in [0.15, 0.2) is 0 Å². The largest absolute Gasteiger partial charge is 0.0795 e. The number of aryl methyl sites for hydroxylation is 1. The van der Waals surface area contributed by atoms with Crippen molar-refractivity contribution in [2.24, 2.45) is 0 Å². The van der Waals surface area contributed by atoms with Crippen LogP contribution in [0.3, 0.4) is 0 Å². The van der Waals surface area contributed by atoms with Crippen molar-refractivity contribution >= 4 is 6.08 Å². The molecule has 0 saturated carbocycles. The highest BCUT2D eigenvalue weighted by Crippen LogP contribution is 2.13. The summed E-state index contributed by atoms with van der Waals surface area (Å²) in [6.45, 7) is 2.23. The SMILES string of the molecule is CCCc1ccccc1C=CCc1ccccc1. The Kier molecular flexibility index (Phi) is 4.78. The zero-order valence-corrected chi connectivity index (χ0v) is 11.0. The van der Waals surface area contributed by atoms with Crippen LogP contribution in [0.2, 0.25) is 0 Å². The number of benzene rings is 2. The highest BCUT2D eigenvalue weighted by Gasteiger charge is 1.96. The Morgan fingerprint density at radius 1 is 0.889 bits per heavy atom. The highest BCUT2D eigenvalue weighted by atomic mass is 14.0. The molecule has 0 atom stereocenters. The van der Waals surface area contributed by atoms with E-state index in [0.29, 0.717) is 0 Å². The van der Waals surface area contributed by atoms with Crippen molar-refractivity contribution < 1.29 is 0 Å². The first kappa shape index (κ1) is 12.6. The molecule has 0 N–H and O–H groups in total. The van der Waals surface area contributed by atoms with Gasteiger partial charge < -0.3 is 0 Å². The third kappa shape index (κ3) is 3.59. The molecule has 0 aliphatic heterocycles. The van der Waals surface area contributed by atoms with E-state index in [1.807, 2.05) is 0 Å². The van der Waals surface area contributed by atoms with Crippen LogP contribution >= 0.6 is 0 Å². The Balaban J connectivity index is 2.05. The molecule has 0 aliphatic carbocycles. The minimum absolute atomic E-state index is 1.00. The van der Waals surface area contributed by atoms with Gasteiger partial charge in [0.1, 0.15) is 0 Å². The van der Waals surface area contributed by atoms with E-state index in [1.165, 1.54) is 23.1 Å². The van der Waals surface area contributed by atoms with E-state index in [9.17, 15) is 0 Å². The van der Waals surface area contributed by atoms with Gasteiger partial charge in [-0.1, -0.05) is 80.1 Å². The molecule has 0 saturated heterocycles. The Morgan fingerprint density at radius 2 is 1.61 bits per heavy atom. The van der Waals surface area contributed by atoms with Crippen LogP contribution in [0.25, 0.3) is 6.08 Å². The van der Waals surface area contributed by atoms with Crippen LogP contribution in [0.5, 0.6) is 0 Å². The molecule has 0 heterocycles. The van der Waals surface area contributed by atoms with Gasteiger partial charge in [-0.05, 0) is 29.5 Å². The molecule has 2 rings (SSSR count). The van der Waals surface area contributed by atoms with Gasteiger partial charge in [0.2, 0.25) is 0 Å². The van der Waals surface area contributed by atoms with Gasteiger partial charge in [0, 0.05) is 0 Å². The van der Waals surface area contributed by atoms with Gasteiger partial charge in [0.25, 0.3) is 0 Å². The van der Waals surface area contributed by atoms with E-state index in [1.54, 1.807) is 0 Å². The Bertz CT molecular complexity index is 494. The second-order valence-corrected chi connectivity index (χ2v) is 4.54. The molecule has 0 aliphatic rings. The van der Waals surface area contributed by atoms with Crippen molar-refractivity contribution in [1.82, 2.24) is 0 Å². The third-order valence-corrected chi connectivity index (χ3v) is 3.07. The molecule has 2 aromatic rings. The average Bonchev–Trinajstić information content (AvgIpc) is 2.42. The van der Waals surface area contributed by atoms with E-state index in [-0.39, 0.29) is 0 Å². The second-order valence-electron chi connectivity index (χ2n) is 4.54. The zero-order valence-electron chi connectivity index (χ0n) is 11.0. The fourth-order valence-electron chi connectivity index (χ4n) is 2.13. The summed E-state index contributed by atoms with van der Waals surface area (Å²) in [6.07, 6.45) is 7.86. The number of hydrogen-bond acceptors (Lipinski definition) is 0. The normalized spacial score (nSPS) is 10.9. The Morgan fingerprint density at radius 3 is 2.39 bits per heavy atom. The van der Waals surface area contributed by atoms with E-state index in [0.717, 1.165) is 12.8 Å². The predicted molar refractivity (Wildman–Crippen MR) is 79.6 cm³/mol. The van der Waals surface area contributed by atoms with Gasteiger partial charge in [-0.15, -0.1) is 0 Å². The zero-order chi connectivity index (χ0) is 12.6. The van der Waals surface area contributed by atoms with E-state index >= 15 is 0 Å². The molecule has 0 heteroatoms. The molecule has 0 radical (unpaired) electrons. The average molecular weight is 236 g/mol. The van der Waals surface area contributed by atoms with Gasteiger partial charge in [-0.25, -0.2) is 0 Å². The van der Waals surface area contributed by atoms with Gasteiger partial charge in [0.05, 0.1) is 0 Å². The molecule has 0 nitrogen and oxygen atoms in total. The van der Waals surface area contributed by atoms with Crippen LogP contribution in [0, 0.1) is 0 Å². The summed E-state index contributed by atoms with van der Waals surface area (Å²) in [5, 5.41) is 0. The Labute approximate surface area is 110 Å². The smallest absolute Gasteiger partial charge is 0.00941 e. The standard InChI is InChI=1S/C18H20/c1-2-9-17-13-6-7-14-18(17)15-8-12-16-10-4-3-5-11-16/h3-8,10-11,13-15H,2,9,12H2,1H3. The van der Waals surface area contributed by atoms with E-state index in [2.05, 4.69) is 73.7 Å². The quantitative estimate of drug-likeness (QED) is 0.693. The third-order valence-electron chi connectivity index (χ3n) is 3.07. The predicted octanol–water partition coefficient (Wildman–Crippen LogP) is 4.90. The van der Waals surface area contributed by atoms with Crippen molar-refractivity contribution in [2.75, 3.05) is 0 Å². The Hall–Kier alpha value is -1.82. The van der Waals surface area contributed by atoms with Crippen molar-refractivity contribution in [3.63, 3.8) is 0 Å². The van der Waals surface area contributed by atoms with E-state index in [4.69, 9.17) is 0 Å². The second kappa shape index (κ2) is 6.80. The van der Waals surface area contributed by atoms with Crippen LogP contribution in [0.4, 0.5) is 0 Å². The summed E-state index contributed by atoms with van der Waals surface area (Å²) in [7, 11) is 0. The number of rotatable bonds is 5. The summed E-state index contributed by atoms with van der Waals surface area (Å²) in [6, 6.07) is 19.2. The first-order valence-electron chi connectivity index (χ1n) is 6.68. The summed E-state index contributed by atoms with van der Waals surface area (Å²) < 4.78 is 0. The first-order valence-corrected chi connectivity index (χ1v) is 6.68. The van der Waals surface area contributed by atoms with Crippen LogP contribution < -0.4 is 0 Å². The maximum absolute atomic E-state index is 2.25. The molecule has 0 aromatic heterocycles. The van der Waals surface area contributed by atoms with Crippen molar-refractivity contribution in [2.45, 2.75) is 26.2 Å². The lowest BCUT2D eigenvalue weighted by molar-refractivity contribution is 0.919. The molecule has 2 aromatic carbocycles. The van der Waals surface area contributed by atoms with Crippen molar-refractivity contribution in [3.05, 3.63) is 77.4 Å². The molecule has 18 heavy (non-hydrogen) atoms.